The molecule has 1 aromatic rings. The summed E-state index contributed by atoms with van der Waals surface area (Å²) in [6.45, 7) is 10.2. The van der Waals surface area contributed by atoms with Crippen LogP contribution in [0.4, 0.5) is 0 Å². The van der Waals surface area contributed by atoms with Gasteiger partial charge in [-0.2, -0.15) is 0 Å². The maximum absolute atomic E-state index is 11.7. The van der Waals surface area contributed by atoms with Gasteiger partial charge in [0.15, 0.2) is 11.7 Å². The maximum Gasteiger partial charge on any atom is 0.287 e. The Labute approximate surface area is 144 Å². The van der Waals surface area contributed by atoms with E-state index in [1.165, 1.54) is 6.26 Å². The van der Waals surface area contributed by atoms with Crippen LogP contribution in [-0.4, -0.2) is 51.3 Å². The molecule has 0 saturated heterocycles. The normalized spacial score (nSPS) is 11.6. The Bertz CT molecular complexity index is 472. The topological polar surface area (TPSA) is 87.9 Å². The first-order valence-corrected chi connectivity index (χ1v) is 8.55. The highest BCUT2D eigenvalue weighted by atomic mass is 16.5. The molecule has 0 aromatic carbocycles. The lowest BCUT2D eigenvalue weighted by Gasteiger charge is -2.11. The molecule has 0 aliphatic rings. The van der Waals surface area contributed by atoms with Gasteiger partial charge in [-0.1, -0.05) is 13.8 Å². The van der Waals surface area contributed by atoms with E-state index in [1.807, 2.05) is 6.92 Å². The van der Waals surface area contributed by atoms with Crippen LogP contribution in [0.3, 0.4) is 0 Å². The summed E-state index contributed by atoms with van der Waals surface area (Å²) in [5.41, 5.74) is 0. The number of amides is 1. The summed E-state index contributed by atoms with van der Waals surface area (Å²) >= 11 is 0. The van der Waals surface area contributed by atoms with Gasteiger partial charge in [-0.25, -0.2) is 0 Å². The van der Waals surface area contributed by atoms with Crippen LogP contribution in [0.5, 0.6) is 0 Å². The van der Waals surface area contributed by atoms with Crippen molar-refractivity contribution in [2.45, 2.75) is 27.2 Å². The van der Waals surface area contributed by atoms with Gasteiger partial charge in [0.2, 0.25) is 0 Å². The van der Waals surface area contributed by atoms with Gasteiger partial charge in [-0.3, -0.25) is 9.79 Å². The van der Waals surface area contributed by atoms with Crippen molar-refractivity contribution in [1.29, 1.82) is 0 Å². The van der Waals surface area contributed by atoms with E-state index in [0.717, 1.165) is 25.5 Å². The number of aliphatic imine (C=N–C) groups is 1. The van der Waals surface area contributed by atoms with E-state index >= 15 is 0 Å². The van der Waals surface area contributed by atoms with Gasteiger partial charge in [0.1, 0.15) is 0 Å². The summed E-state index contributed by atoms with van der Waals surface area (Å²) in [5.74, 6) is 1.47. The number of rotatable bonds is 11. The average Bonchev–Trinajstić information content (AvgIpc) is 3.08. The number of hydrogen-bond acceptors (Lipinski definition) is 4. The van der Waals surface area contributed by atoms with E-state index in [1.54, 1.807) is 12.1 Å². The van der Waals surface area contributed by atoms with Gasteiger partial charge in [-0.15, -0.1) is 0 Å². The zero-order valence-corrected chi connectivity index (χ0v) is 14.9. The van der Waals surface area contributed by atoms with Crippen LogP contribution in [0, 0.1) is 5.92 Å². The number of hydrogen-bond donors (Lipinski definition) is 3. The fourth-order valence-electron chi connectivity index (χ4n) is 1.84. The first-order chi connectivity index (χ1) is 11.6. The van der Waals surface area contributed by atoms with Crippen LogP contribution in [0.1, 0.15) is 37.7 Å². The average molecular weight is 338 g/mol. The van der Waals surface area contributed by atoms with Crippen molar-refractivity contribution in [2.24, 2.45) is 10.9 Å². The zero-order valence-electron chi connectivity index (χ0n) is 14.9. The quantitative estimate of drug-likeness (QED) is 0.324. The molecular formula is C17H30N4O3. The maximum atomic E-state index is 11.7. The second-order valence-corrected chi connectivity index (χ2v) is 5.72. The molecule has 0 fully saturated rings. The van der Waals surface area contributed by atoms with E-state index in [2.05, 4.69) is 34.8 Å². The number of nitrogens with one attached hydrogen (secondary N) is 3. The monoisotopic (exact) mass is 338 g/mol. The van der Waals surface area contributed by atoms with Gasteiger partial charge < -0.3 is 25.1 Å². The summed E-state index contributed by atoms with van der Waals surface area (Å²) in [5, 5.41) is 9.10. The van der Waals surface area contributed by atoms with E-state index in [9.17, 15) is 4.79 Å². The Morgan fingerprint density at radius 1 is 1.25 bits per heavy atom. The molecule has 1 aromatic heterocycles. The zero-order chi connectivity index (χ0) is 17.6. The Morgan fingerprint density at radius 3 is 2.71 bits per heavy atom. The van der Waals surface area contributed by atoms with Gasteiger partial charge in [0.25, 0.3) is 5.91 Å². The molecule has 0 aliphatic carbocycles. The second kappa shape index (κ2) is 12.4. The van der Waals surface area contributed by atoms with Crippen molar-refractivity contribution in [3.8, 4) is 0 Å². The number of carbonyl (C=O) groups is 1. The number of nitrogens with zero attached hydrogens (tertiary/aromatic N) is 1. The van der Waals surface area contributed by atoms with Crippen molar-refractivity contribution >= 4 is 11.9 Å². The highest BCUT2D eigenvalue weighted by molar-refractivity contribution is 5.91. The smallest absolute Gasteiger partial charge is 0.287 e. The molecule has 7 nitrogen and oxygen atoms in total. The standard InChI is InChI=1S/C17H30N4O3/c1-4-18-17(21-10-13-23-12-7-14(2)3)20-9-8-19-16(22)15-6-5-11-24-15/h5-6,11,14H,4,7-10,12-13H2,1-3H3,(H,19,22)(H2,18,20,21). The Balaban J connectivity index is 2.17. The van der Waals surface area contributed by atoms with Crippen LogP contribution in [0.15, 0.2) is 27.8 Å². The Kier molecular flexibility index (Phi) is 10.4. The van der Waals surface area contributed by atoms with E-state index in [-0.39, 0.29) is 5.91 Å². The lowest BCUT2D eigenvalue weighted by atomic mass is 10.1. The summed E-state index contributed by atoms with van der Waals surface area (Å²) in [7, 11) is 0. The van der Waals surface area contributed by atoms with Gasteiger partial charge in [0, 0.05) is 26.2 Å². The third-order valence-corrected chi connectivity index (χ3v) is 3.14. The minimum absolute atomic E-state index is 0.220. The molecule has 1 amide bonds. The minimum atomic E-state index is -0.220. The molecule has 24 heavy (non-hydrogen) atoms. The summed E-state index contributed by atoms with van der Waals surface area (Å²) < 4.78 is 10.6. The van der Waals surface area contributed by atoms with Crippen molar-refractivity contribution in [1.82, 2.24) is 16.0 Å². The Morgan fingerprint density at radius 2 is 2.04 bits per heavy atom. The molecule has 0 atom stereocenters. The molecule has 7 heteroatoms. The van der Waals surface area contributed by atoms with Gasteiger partial charge in [0.05, 0.1) is 19.4 Å². The van der Waals surface area contributed by atoms with E-state index < -0.39 is 0 Å². The second-order valence-electron chi connectivity index (χ2n) is 5.72. The molecule has 0 radical (unpaired) electrons. The molecule has 0 unspecified atom stereocenters. The summed E-state index contributed by atoms with van der Waals surface area (Å²) in [4.78, 5) is 16.1. The molecular weight excluding hydrogens is 308 g/mol. The van der Waals surface area contributed by atoms with Gasteiger partial charge in [-0.05, 0) is 31.4 Å². The SMILES string of the molecule is CCNC(=NCCOCCC(C)C)NCCNC(=O)c1ccco1. The molecule has 0 spiro atoms. The van der Waals surface area contributed by atoms with Crippen molar-refractivity contribution in [2.75, 3.05) is 39.4 Å². The molecule has 0 bridgehead atoms. The van der Waals surface area contributed by atoms with E-state index in [0.29, 0.717) is 37.9 Å². The number of furan rings is 1. The molecule has 1 rings (SSSR count). The third-order valence-electron chi connectivity index (χ3n) is 3.14. The first kappa shape index (κ1) is 20.0. The van der Waals surface area contributed by atoms with Crippen LogP contribution in [0.25, 0.3) is 0 Å². The predicted octanol–water partition coefficient (Wildman–Crippen LogP) is 1.63. The van der Waals surface area contributed by atoms with E-state index in [4.69, 9.17) is 9.15 Å². The molecule has 0 saturated carbocycles. The first-order valence-electron chi connectivity index (χ1n) is 8.55. The third kappa shape index (κ3) is 9.19. The van der Waals surface area contributed by atoms with Crippen LogP contribution in [0.2, 0.25) is 0 Å². The lowest BCUT2D eigenvalue weighted by Crippen LogP contribution is -2.41. The van der Waals surface area contributed by atoms with Crippen molar-refractivity contribution in [3.63, 3.8) is 0 Å². The van der Waals surface area contributed by atoms with Crippen LogP contribution in [-0.2, 0) is 4.74 Å². The molecule has 0 aliphatic heterocycles. The van der Waals surface area contributed by atoms with Crippen LogP contribution < -0.4 is 16.0 Å². The fraction of sp³-hybridized carbons (Fsp3) is 0.647. The fourth-order valence-corrected chi connectivity index (χ4v) is 1.84. The van der Waals surface area contributed by atoms with Crippen molar-refractivity contribution < 1.29 is 13.9 Å². The summed E-state index contributed by atoms with van der Waals surface area (Å²) in [6, 6.07) is 3.32. The largest absolute Gasteiger partial charge is 0.459 e. The summed E-state index contributed by atoms with van der Waals surface area (Å²) in [6.07, 6.45) is 2.55. The Hall–Kier alpha value is -2.02. The molecule has 136 valence electrons. The molecule has 3 N–H and O–H groups in total. The van der Waals surface area contributed by atoms with Gasteiger partial charge >= 0.3 is 0 Å². The number of ether oxygens (including phenoxy) is 1. The lowest BCUT2D eigenvalue weighted by molar-refractivity contribution is 0.0926. The van der Waals surface area contributed by atoms with Crippen LogP contribution >= 0.6 is 0 Å². The molecule has 1 heterocycles. The highest BCUT2D eigenvalue weighted by Gasteiger charge is 2.06. The number of guanidine groups is 1. The van der Waals surface area contributed by atoms with Crippen molar-refractivity contribution in [3.05, 3.63) is 24.2 Å². The minimum Gasteiger partial charge on any atom is -0.459 e. The number of carbonyl (C=O) groups excluding carboxylic acids is 1. The highest BCUT2D eigenvalue weighted by Crippen LogP contribution is 1.99. The predicted molar refractivity (Wildman–Crippen MR) is 95.3 cm³/mol.